The normalized spacial score (nSPS) is 10.8. The summed E-state index contributed by atoms with van der Waals surface area (Å²) in [6.45, 7) is 2.14. The molecule has 0 amide bonds. The van der Waals surface area contributed by atoms with Crippen molar-refractivity contribution in [2.24, 2.45) is 0 Å². The molecule has 0 saturated carbocycles. The fourth-order valence-electron chi connectivity index (χ4n) is 3.04. The second-order valence-corrected chi connectivity index (χ2v) is 5.80. The number of fused-ring (bicyclic) bond motifs is 1. The van der Waals surface area contributed by atoms with Crippen LogP contribution in [0.3, 0.4) is 0 Å². The minimum absolute atomic E-state index is 1.04. The molecule has 0 aliphatic carbocycles. The van der Waals surface area contributed by atoms with Gasteiger partial charge >= 0.3 is 0 Å². The van der Waals surface area contributed by atoms with Crippen LogP contribution in [0.4, 0.5) is 0 Å². The van der Waals surface area contributed by atoms with Gasteiger partial charge in [0.05, 0.1) is 5.69 Å². The molecule has 0 radical (unpaired) electrons. The van der Waals surface area contributed by atoms with Crippen molar-refractivity contribution in [1.29, 1.82) is 0 Å². The third kappa shape index (κ3) is 2.51. The third-order valence-corrected chi connectivity index (χ3v) is 4.16. The number of hydrogen-bond acceptors (Lipinski definition) is 1. The van der Waals surface area contributed by atoms with E-state index < -0.39 is 0 Å². The molecule has 0 bridgehead atoms. The average Bonchev–Trinajstić information content (AvgIpc) is 2.62. The highest BCUT2D eigenvalue weighted by Gasteiger charge is 2.13. The van der Waals surface area contributed by atoms with Crippen molar-refractivity contribution in [3.05, 3.63) is 90.6 Å². The van der Waals surface area contributed by atoms with Crippen molar-refractivity contribution >= 4 is 10.8 Å². The van der Waals surface area contributed by atoms with E-state index in [0.717, 1.165) is 11.3 Å². The summed E-state index contributed by atoms with van der Waals surface area (Å²) in [5, 5.41) is 2.43. The second kappa shape index (κ2) is 5.69. The van der Waals surface area contributed by atoms with E-state index in [4.69, 9.17) is 4.98 Å². The number of aryl methyl sites for hydroxylation is 1. The number of rotatable bonds is 2. The van der Waals surface area contributed by atoms with E-state index in [1.807, 2.05) is 12.3 Å². The smallest absolute Gasteiger partial charge is 0.0786 e. The first kappa shape index (κ1) is 13.7. The molecule has 0 fully saturated rings. The topological polar surface area (TPSA) is 12.9 Å². The van der Waals surface area contributed by atoms with Gasteiger partial charge in [-0.25, -0.2) is 0 Å². The molecular weight excluding hydrogens is 278 g/mol. The van der Waals surface area contributed by atoms with Gasteiger partial charge in [0, 0.05) is 22.7 Å². The largest absolute Gasteiger partial charge is 0.255 e. The fraction of sp³-hybridized carbons (Fsp3) is 0.0455. The Morgan fingerprint density at radius 2 is 1.35 bits per heavy atom. The minimum atomic E-state index is 1.04. The second-order valence-electron chi connectivity index (χ2n) is 5.80. The lowest BCUT2D eigenvalue weighted by Crippen LogP contribution is -1.92. The van der Waals surface area contributed by atoms with Crippen molar-refractivity contribution in [2.75, 3.05) is 0 Å². The number of pyridine rings is 1. The Labute approximate surface area is 136 Å². The van der Waals surface area contributed by atoms with Crippen molar-refractivity contribution < 1.29 is 0 Å². The van der Waals surface area contributed by atoms with Gasteiger partial charge in [0.2, 0.25) is 0 Å². The number of aromatic nitrogens is 1. The highest BCUT2D eigenvalue weighted by atomic mass is 14.7. The Kier molecular flexibility index (Phi) is 3.39. The van der Waals surface area contributed by atoms with Gasteiger partial charge in [0.1, 0.15) is 0 Å². The summed E-state index contributed by atoms with van der Waals surface area (Å²) in [5.41, 5.74) is 5.86. The molecule has 110 valence electrons. The van der Waals surface area contributed by atoms with Crippen molar-refractivity contribution in [1.82, 2.24) is 4.98 Å². The first-order valence-corrected chi connectivity index (χ1v) is 7.83. The van der Waals surface area contributed by atoms with Crippen molar-refractivity contribution in [3.63, 3.8) is 0 Å². The van der Waals surface area contributed by atoms with E-state index in [0.29, 0.717) is 0 Å². The molecule has 0 aliphatic heterocycles. The maximum absolute atomic E-state index is 4.78. The molecule has 3 aromatic carbocycles. The summed E-state index contributed by atoms with van der Waals surface area (Å²) < 4.78 is 0. The maximum Gasteiger partial charge on any atom is 0.0786 e. The van der Waals surface area contributed by atoms with Gasteiger partial charge in [-0.3, -0.25) is 4.98 Å². The maximum atomic E-state index is 4.78. The van der Waals surface area contributed by atoms with Gasteiger partial charge in [-0.1, -0.05) is 84.4 Å². The zero-order valence-electron chi connectivity index (χ0n) is 13.0. The highest BCUT2D eigenvalue weighted by molar-refractivity contribution is 6.02. The van der Waals surface area contributed by atoms with Crippen LogP contribution in [-0.2, 0) is 0 Å². The van der Waals surface area contributed by atoms with Crippen LogP contribution in [0.25, 0.3) is 33.2 Å². The molecule has 1 heterocycles. The summed E-state index contributed by atoms with van der Waals surface area (Å²) in [5.74, 6) is 0. The molecule has 4 aromatic rings. The van der Waals surface area contributed by atoms with Crippen LogP contribution >= 0.6 is 0 Å². The van der Waals surface area contributed by atoms with Gasteiger partial charge in [0.25, 0.3) is 0 Å². The molecule has 0 N–H and O–H groups in total. The third-order valence-electron chi connectivity index (χ3n) is 4.16. The van der Waals surface area contributed by atoms with E-state index in [2.05, 4.69) is 79.7 Å². The summed E-state index contributed by atoms with van der Waals surface area (Å²) >= 11 is 0. The van der Waals surface area contributed by atoms with Crippen LogP contribution in [0, 0.1) is 6.92 Å². The predicted molar refractivity (Wildman–Crippen MR) is 97.4 cm³/mol. The van der Waals surface area contributed by atoms with E-state index in [9.17, 15) is 0 Å². The Morgan fingerprint density at radius 1 is 0.696 bits per heavy atom. The molecule has 1 aromatic heterocycles. The molecule has 0 spiro atoms. The summed E-state index contributed by atoms with van der Waals surface area (Å²) in [6, 6.07) is 27.5. The molecule has 0 aliphatic rings. The predicted octanol–water partition coefficient (Wildman–Crippen LogP) is 5.88. The molecule has 0 atom stereocenters. The Morgan fingerprint density at radius 3 is 2.04 bits per heavy atom. The first-order chi connectivity index (χ1) is 11.3. The molecule has 0 unspecified atom stereocenters. The standard InChI is InChI=1S/C22H17N/c1-16-12-13-19-15-23-22(18-10-6-3-7-11-18)21(20(19)14-16)17-8-4-2-5-9-17/h2-15H,1H3. The summed E-state index contributed by atoms with van der Waals surface area (Å²) in [7, 11) is 0. The lowest BCUT2D eigenvalue weighted by atomic mass is 9.93. The van der Waals surface area contributed by atoms with E-state index in [1.165, 1.54) is 27.5 Å². The molecule has 0 saturated heterocycles. The van der Waals surface area contributed by atoms with E-state index in [-0.39, 0.29) is 0 Å². The van der Waals surface area contributed by atoms with Gasteiger partial charge in [-0.05, 0) is 17.9 Å². The molecule has 4 rings (SSSR count). The summed E-state index contributed by atoms with van der Waals surface area (Å²) in [4.78, 5) is 4.78. The number of nitrogens with zero attached hydrogens (tertiary/aromatic N) is 1. The molecule has 23 heavy (non-hydrogen) atoms. The monoisotopic (exact) mass is 295 g/mol. The summed E-state index contributed by atoms with van der Waals surface area (Å²) in [6.07, 6.45) is 1.98. The number of benzene rings is 3. The van der Waals surface area contributed by atoms with Crippen LogP contribution in [0.5, 0.6) is 0 Å². The average molecular weight is 295 g/mol. The molecule has 1 heteroatoms. The minimum Gasteiger partial charge on any atom is -0.255 e. The van der Waals surface area contributed by atoms with Crippen LogP contribution in [0.2, 0.25) is 0 Å². The lowest BCUT2D eigenvalue weighted by Gasteiger charge is -2.13. The van der Waals surface area contributed by atoms with E-state index in [1.54, 1.807) is 0 Å². The number of hydrogen-bond donors (Lipinski definition) is 0. The lowest BCUT2D eigenvalue weighted by molar-refractivity contribution is 1.35. The van der Waals surface area contributed by atoms with Crippen LogP contribution in [0.1, 0.15) is 5.56 Å². The SMILES string of the molecule is Cc1ccc2cnc(-c3ccccc3)c(-c3ccccc3)c2c1. The van der Waals surface area contributed by atoms with Gasteiger partial charge < -0.3 is 0 Å². The zero-order valence-corrected chi connectivity index (χ0v) is 13.0. The van der Waals surface area contributed by atoms with Gasteiger partial charge in [0.15, 0.2) is 0 Å². The highest BCUT2D eigenvalue weighted by Crippen LogP contribution is 2.36. The van der Waals surface area contributed by atoms with Crippen LogP contribution < -0.4 is 0 Å². The van der Waals surface area contributed by atoms with Crippen LogP contribution in [-0.4, -0.2) is 4.98 Å². The Balaban J connectivity index is 2.11. The van der Waals surface area contributed by atoms with Crippen molar-refractivity contribution in [3.8, 4) is 22.4 Å². The van der Waals surface area contributed by atoms with Gasteiger partial charge in [-0.15, -0.1) is 0 Å². The first-order valence-electron chi connectivity index (χ1n) is 7.83. The zero-order chi connectivity index (χ0) is 15.6. The quantitative estimate of drug-likeness (QED) is 0.450. The molecular formula is C22H17N. The van der Waals surface area contributed by atoms with Crippen molar-refractivity contribution in [2.45, 2.75) is 6.92 Å². The fourth-order valence-corrected chi connectivity index (χ4v) is 3.04. The van der Waals surface area contributed by atoms with Gasteiger partial charge in [-0.2, -0.15) is 0 Å². The van der Waals surface area contributed by atoms with Crippen LogP contribution in [0.15, 0.2) is 85.1 Å². The van der Waals surface area contributed by atoms with E-state index >= 15 is 0 Å². The Bertz CT molecular complexity index is 957. The molecule has 1 nitrogen and oxygen atoms in total. The Hall–Kier alpha value is -2.93.